The Kier molecular flexibility index (Phi) is 3.89. The fourth-order valence-corrected chi connectivity index (χ4v) is 1.32. The van der Waals surface area contributed by atoms with Crippen molar-refractivity contribution in [3.63, 3.8) is 0 Å². The Hall–Kier alpha value is -1.56. The van der Waals surface area contributed by atoms with Crippen LogP contribution in [-0.4, -0.2) is 47.8 Å². The molecule has 0 aromatic carbocycles. The first kappa shape index (κ1) is 12.5. The van der Waals surface area contributed by atoms with Crippen LogP contribution in [0.2, 0.25) is 0 Å². The SMILES string of the molecule is COCC(C)N(C)C(=O)c1n[nH]c(C)c1N. The van der Waals surface area contributed by atoms with E-state index in [4.69, 9.17) is 10.5 Å². The average molecular weight is 226 g/mol. The molecule has 1 heterocycles. The van der Waals surface area contributed by atoms with Crippen LogP contribution in [0, 0.1) is 6.92 Å². The van der Waals surface area contributed by atoms with Gasteiger partial charge in [0.25, 0.3) is 5.91 Å². The second-order valence-electron chi connectivity index (χ2n) is 3.83. The van der Waals surface area contributed by atoms with Gasteiger partial charge in [0, 0.05) is 14.2 Å². The molecule has 0 aliphatic carbocycles. The third kappa shape index (κ3) is 2.33. The molecular formula is C10H18N4O2. The number of ether oxygens (including phenoxy) is 1. The Labute approximate surface area is 94.8 Å². The number of nitrogens with one attached hydrogen (secondary N) is 1. The average Bonchev–Trinajstić information content (AvgIpc) is 2.58. The predicted molar refractivity (Wildman–Crippen MR) is 61.2 cm³/mol. The summed E-state index contributed by atoms with van der Waals surface area (Å²) in [6, 6.07) is -0.0195. The van der Waals surface area contributed by atoms with Crippen LogP contribution in [0.4, 0.5) is 5.69 Å². The highest BCUT2D eigenvalue weighted by Gasteiger charge is 2.22. The molecule has 1 aromatic heterocycles. The molecule has 0 fully saturated rings. The number of rotatable bonds is 4. The molecule has 0 aliphatic rings. The van der Waals surface area contributed by atoms with E-state index in [0.29, 0.717) is 18.0 Å². The molecule has 0 spiro atoms. The van der Waals surface area contributed by atoms with E-state index < -0.39 is 0 Å². The van der Waals surface area contributed by atoms with Crippen LogP contribution >= 0.6 is 0 Å². The number of H-pyrrole nitrogens is 1. The molecule has 1 unspecified atom stereocenters. The fraction of sp³-hybridized carbons (Fsp3) is 0.600. The zero-order chi connectivity index (χ0) is 12.3. The molecule has 0 saturated carbocycles. The minimum absolute atomic E-state index is 0.0195. The van der Waals surface area contributed by atoms with Crippen molar-refractivity contribution in [1.29, 1.82) is 0 Å². The predicted octanol–water partition coefficient (Wildman–Crippen LogP) is 0.407. The third-order valence-corrected chi connectivity index (χ3v) is 2.59. The van der Waals surface area contributed by atoms with Gasteiger partial charge in [-0.2, -0.15) is 5.10 Å². The molecule has 6 heteroatoms. The van der Waals surface area contributed by atoms with E-state index in [-0.39, 0.29) is 17.6 Å². The van der Waals surface area contributed by atoms with E-state index >= 15 is 0 Å². The lowest BCUT2D eigenvalue weighted by atomic mass is 10.2. The summed E-state index contributed by atoms with van der Waals surface area (Å²) in [6.45, 7) is 4.15. The lowest BCUT2D eigenvalue weighted by Crippen LogP contribution is -2.38. The number of carbonyl (C=O) groups is 1. The van der Waals surface area contributed by atoms with Crippen molar-refractivity contribution in [2.45, 2.75) is 19.9 Å². The van der Waals surface area contributed by atoms with Crippen molar-refractivity contribution < 1.29 is 9.53 Å². The van der Waals surface area contributed by atoms with E-state index in [2.05, 4.69) is 10.2 Å². The van der Waals surface area contributed by atoms with Gasteiger partial charge in [-0.3, -0.25) is 9.89 Å². The highest BCUT2D eigenvalue weighted by molar-refractivity contribution is 5.97. The smallest absolute Gasteiger partial charge is 0.276 e. The molecule has 90 valence electrons. The number of nitrogens with two attached hydrogens (primary N) is 1. The van der Waals surface area contributed by atoms with Crippen LogP contribution in [0.15, 0.2) is 0 Å². The van der Waals surface area contributed by atoms with E-state index in [9.17, 15) is 4.79 Å². The summed E-state index contributed by atoms with van der Waals surface area (Å²) < 4.78 is 4.99. The molecule has 0 radical (unpaired) electrons. The van der Waals surface area contributed by atoms with Gasteiger partial charge in [-0.1, -0.05) is 0 Å². The number of methoxy groups -OCH3 is 1. The van der Waals surface area contributed by atoms with Gasteiger partial charge in [-0.05, 0) is 13.8 Å². The molecule has 3 N–H and O–H groups in total. The molecule has 1 aromatic rings. The van der Waals surface area contributed by atoms with Crippen molar-refractivity contribution in [2.24, 2.45) is 0 Å². The topological polar surface area (TPSA) is 84.2 Å². The number of hydrogen-bond acceptors (Lipinski definition) is 4. The van der Waals surface area contributed by atoms with Gasteiger partial charge in [-0.25, -0.2) is 0 Å². The Morgan fingerprint density at radius 3 is 2.75 bits per heavy atom. The van der Waals surface area contributed by atoms with E-state index in [1.54, 1.807) is 26.0 Å². The van der Waals surface area contributed by atoms with Gasteiger partial charge >= 0.3 is 0 Å². The number of aryl methyl sites for hydroxylation is 1. The molecule has 0 aliphatic heterocycles. The molecule has 0 bridgehead atoms. The van der Waals surface area contributed by atoms with Gasteiger partial charge in [0.05, 0.1) is 24.0 Å². The number of carbonyl (C=O) groups excluding carboxylic acids is 1. The second kappa shape index (κ2) is 4.98. The first-order valence-corrected chi connectivity index (χ1v) is 5.05. The maximum absolute atomic E-state index is 12.0. The van der Waals surface area contributed by atoms with Crippen molar-refractivity contribution in [3.05, 3.63) is 11.4 Å². The number of nitrogens with zero attached hydrogens (tertiary/aromatic N) is 2. The first-order chi connectivity index (χ1) is 7.49. The minimum Gasteiger partial charge on any atom is -0.395 e. The maximum atomic E-state index is 12.0. The highest BCUT2D eigenvalue weighted by Crippen LogP contribution is 2.15. The van der Waals surface area contributed by atoms with Gasteiger partial charge < -0.3 is 15.4 Å². The summed E-state index contributed by atoms with van der Waals surface area (Å²) >= 11 is 0. The first-order valence-electron chi connectivity index (χ1n) is 5.05. The van der Waals surface area contributed by atoms with E-state index in [0.717, 1.165) is 0 Å². The number of amides is 1. The quantitative estimate of drug-likeness (QED) is 0.778. The standard InChI is InChI=1S/C10H18N4O2/c1-6(5-16-4)14(3)10(15)9-8(11)7(2)12-13-9/h6H,5,11H2,1-4H3,(H,12,13). The third-order valence-electron chi connectivity index (χ3n) is 2.59. The highest BCUT2D eigenvalue weighted by atomic mass is 16.5. The lowest BCUT2D eigenvalue weighted by molar-refractivity contribution is 0.0629. The van der Waals surface area contributed by atoms with Crippen LogP contribution in [0.25, 0.3) is 0 Å². The molecule has 1 rings (SSSR count). The molecule has 0 saturated heterocycles. The summed E-state index contributed by atoms with van der Waals surface area (Å²) in [5.41, 5.74) is 7.12. The normalized spacial score (nSPS) is 12.5. The van der Waals surface area contributed by atoms with Crippen molar-refractivity contribution >= 4 is 11.6 Å². The van der Waals surface area contributed by atoms with E-state index in [1.807, 2.05) is 6.92 Å². The van der Waals surface area contributed by atoms with Gasteiger partial charge in [0.1, 0.15) is 0 Å². The maximum Gasteiger partial charge on any atom is 0.276 e. The number of aromatic nitrogens is 2. The number of nitrogen functional groups attached to an aromatic ring is 1. The number of likely N-dealkylation sites (N-methyl/N-ethyl adjacent to an activating group) is 1. The van der Waals surface area contributed by atoms with Gasteiger partial charge in [0.2, 0.25) is 0 Å². The van der Waals surface area contributed by atoms with Crippen molar-refractivity contribution in [1.82, 2.24) is 15.1 Å². The van der Waals surface area contributed by atoms with Gasteiger partial charge in [0.15, 0.2) is 5.69 Å². The molecule has 16 heavy (non-hydrogen) atoms. The van der Waals surface area contributed by atoms with Crippen molar-refractivity contribution in [2.75, 3.05) is 26.5 Å². The number of anilines is 1. The zero-order valence-corrected chi connectivity index (χ0v) is 10.1. The van der Waals surface area contributed by atoms with Crippen LogP contribution < -0.4 is 5.73 Å². The monoisotopic (exact) mass is 226 g/mol. The Morgan fingerprint density at radius 2 is 2.31 bits per heavy atom. The fourth-order valence-electron chi connectivity index (χ4n) is 1.32. The Bertz CT molecular complexity index is 375. The summed E-state index contributed by atoms with van der Waals surface area (Å²) in [6.07, 6.45) is 0. The summed E-state index contributed by atoms with van der Waals surface area (Å²) in [7, 11) is 3.30. The molecular weight excluding hydrogens is 208 g/mol. The largest absolute Gasteiger partial charge is 0.395 e. The second-order valence-corrected chi connectivity index (χ2v) is 3.83. The Balaban J connectivity index is 2.82. The van der Waals surface area contributed by atoms with Crippen LogP contribution in [-0.2, 0) is 4.74 Å². The molecule has 1 amide bonds. The van der Waals surface area contributed by atoms with Gasteiger partial charge in [-0.15, -0.1) is 0 Å². The summed E-state index contributed by atoms with van der Waals surface area (Å²) in [5.74, 6) is -0.202. The van der Waals surface area contributed by atoms with Crippen molar-refractivity contribution in [3.8, 4) is 0 Å². The van der Waals surface area contributed by atoms with E-state index in [1.165, 1.54) is 0 Å². The minimum atomic E-state index is -0.202. The summed E-state index contributed by atoms with van der Waals surface area (Å²) in [4.78, 5) is 13.6. The van der Waals surface area contributed by atoms with Crippen LogP contribution in [0.1, 0.15) is 23.1 Å². The van der Waals surface area contributed by atoms with Crippen LogP contribution in [0.3, 0.4) is 0 Å². The Morgan fingerprint density at radius 1 is 1.69 bits per heavy atom. The zero-order valence-electron chi connectivity index (χ0n) is 10.1. The number of aromatic amines is 1. The lowest BCUT2D eigenvalue weighted by Gasteiger charge is -2.23. The molecule has 6 nitrogen and oxygen atoms in total. The summed E-state index contributed by atoms with van der Waals surface area (Å²) in [5, 5.41) is 6.59. The number of hydrogen-bond donors (Lipinski definition) is 2. The van der Waals surface area contributed by atoms with Crippen LogP contribution in [0.5, 0.6) is 0 Å². The molecule has 1 atom stereocenters.